The molecule has 1 heterocycles. The number of guanidine groups is 1. The summed E-state index contributed by atoms with van der Waals surface area (Å²) in [5.74, 6) is -10.8. The molecule has 18 N–H and O–H groups in total. The van der Waals surface area contributed by atoms with Gasteiger partial charge in [0.05, 0.1) is 25.2 Å². The van der Waals surface area contributed by atoms with Crippen LogP contribution in [0.4, 0.5) is 0 Å². The molecule has 0 radical (unpaired) electrons. The molecule has 25 nitrogen and oxygen atoms in total. The number of carboxylic acids is 2. The highest BCUT2D eigenvalue weighted by atomic mass is 32.1. The van der Waals surface area contributed by atoms with Crippen molar-refractivity contribution in [2.45, 2.75) is 87.7 Å². The number of primary amides is 1. The molecule has 0 saturated carbocycles. The zero-order valence-electron chi connectivity index (χ0n) is 32.8. The maximum Gasteiger partial charge on any atom is 0.327 e. The Balaban J connectivity index is 2.32. The van der Waals surface area contributed by atoms with E-state index in [1.165, 1.54) is 43.7 Å². The minimum Gasteiger partial charge on any atom is -0.508 e. The van der Waals surface area contributed by atoms with Crippen molar-refractivity contribution in [2.24, 2.45) is 27.9 Å². The number of aliphatic carboxylic acids is 2. The summed E-state index contributed by atoms with van der Waals surface area (Å²) in [5, 5.41) is 42.3. The predicted molar refractivity (Wildman–Crippen MR) is 217 cm³/mol. The quantitative estimate of drug-likeness (QED) is 0.0181. The molecule has 26 heteroatoms. The van der Waals surface area contributed by atoms with Crippen LogP contribution in [0.5, 0.6) is 5.75 Å². The highest BCUT2D eigenvalue weighted by Gasteiger charge is 2.34. The van der Waals surface area contributed by atoms with Crippen LogP contribution in [0.2, 0.25) is 0 Å². The number of phenols is 1. The summed E-state index contributed by atoms with van der Waals surface area (Å²) in [6.45, 7) is 1.20. The number of carboxylic acid groups (broad SMARTS) is 2. The van der Waals surface area contributed by atoms with Crippen molar-refractivity contribution in [3.8, 4) is 5.75 Å². The van der Waals surface area contributed by atoms with Gasteiger partial charge < -0.3 is 75.1 Å². The number of aliphatic imine (C=N–C) groups is 1. The lowest BCUT2D eigenvalue weighted by Crippen LogP contribution is -2.60. The minimum atomic E-state index is -1.81. The first-order valence-electron chi connectivity index (χ1n) is 18.4. The van der Waals surface area contributed by atoms with E-state index in [0.717, 1.165) is 0 Å². The van der Waals surface area contributed by atoms with Crippen molar-refractivity contribution in [3.05, 3.63) is 48.0 Å². The Labute approximate surface area is 353 Å². The topological polar surface area (TPSA) is 432 Å². The zero-order chi connectivity index (χ0) is 45.8. The smallest absolute Gasteiger partial charge is 0.327 e. The molecule has 0 spiro atoms. The summed E-state index contributed by atoms with van der Waals surface area (Å²) in [6, 6.07) is -5.08. The highest BCUT2D eigenvalue weighted by Crippen LogP contribution is 2.12. The van der Waals surface area contributed by atoms with E-state index >= 15 is 0 Å². The minimum absolute atomic E-state index is 0.0107. The summed E-state index contributed by atoms with van der Waals surface area (Å²) in [7, 11) is 0. The largest absolute Gasteiger partial charge is 0.508 e. The maximum absolute atomic E-state index is 13.8. The molecule has 334 valence electrons. The third kappa shape index (κ3) is 18.2. The van der Waals surface area contributed by atoms with Gasteiger partial charge in [-0.1, -0.05) is 12.1 Å². The number of aromatic amines is 1. The maximum atomic E-state index is 13.8. The number of thiol groups is 1. The third-order valence-electron chi connectivity index (χ3n) is 8.52. The fourth-order valence-corrected chi connectivity index (χ4v) is 5.57. The van der Waals surface area contributed by atoms with E-state index < -0.39 is 108 Å². The molecule has 0 aliphatic rings. The van der Waals surface area contributed by atoms with E-state index in [1.807, 2.05) is 0 Å². The van der Waals surface area contributed by atoms with E-state index in [0.29, 0.717) is 11.3 Å². The second-order valence-corrected chi connectivity index (χ2v) is 13.9. The first-order valence-corrected chi connectivity index (χ1v) is 19.1. The molecular formula is C35H51N13O12S. The summed E-state index contributed by atoms with van der Waals surface area (Å²) < 4.78 is 0. The van der Waals surface area contributed by atoms with Crippen LogP contribution in [0.3, 0.4) is 0 Å². The monoisotopic (exact) mass is 877 g/mol. The van der Waals surface area contributed by atoms with Crippen LogP contribution < -0.4 is 54.8 Å². The molecule has 2 aromatic rings. The molecule has 0 saturated heterocycles. The fraction of sp³-hybridized carbons (Fsp3) is 0.457. The van der Waals surface area contributed by atoms with Crippen molar-refractivity contribution >= 4 is 71.9 Å². The van der Waals surface area contributed by atoms with Crippen LogP contribution >= 0.6 is 12.6 Å². The fourth-order valence-electron chi connectivity index (χ4n) is 5.33. The number of nitrogens with one attached hydrogen (secondary N) is 7. The van der Waals surface area contributed by atoms with Gasteiger partial charge in [-0.2, -0.15) is 12.6 Å². The number of amides is 7. The summed E-state index contributed by atoms with van der Waals surface area (Å²) in [4.78, 5) is 125. The number of carbonyl (C=O) groups excluding carboxylic acids is 7. The Bertz CT molecular complexity index is 1890. The van der Waals surface area contributed by atoms with E-state index in [2.05, 4.69) is 59.5 Å². The van der Waals surface area contributed by atoms with Gasteiger partial charge in [0.15, 0.2) is 5.96 Å². The Morgan fingerprint density at radius 2 is 1.28 bits per heavy atom. The Morgan fingerprint density at radius 1 is 0.738 bits per heavy atom. The lowest BCUT2D eigenvalue weighted by Gasteiger charge is -2.26. The van der Waals surface area contributed by atoms with Crippen LogP contribution in [0, 0.1) is 0 Å². The second kappa shape index (κ2) is 24.8. The van der Waals surface area contributed by atoms with Crippen LogP contribution in [-0.4, -0.2) is 139 Å². The number of aromatic hydroxyl groups is 1. The number of nitrogens with zero attached hydrogens (tertiary/aromatic N) is 2. The number of phenolic OH excluding ortho intramolecular Hbond substituents is 1. The molecule has 0 unspecified atom stereocenters. The van der Waals surface area contributed by atoms with Crippen molar-refractivity contribution in [2.75, 3.05) is 12.3 Å². The summed E-state index contributed by atoms with van der Waals surface area (Å²) >= 11 is 3.85. The Morgan fingerprint density at radius 3 is 1.82 bits per heavy atom. The van der Waals surface area contributed by atoms with Crippen molar-refractivity contribution < 1.29 is 58.5 Å². The van der Waals surface area contributed by atoms with Gasteiger partial charge in [0.1, 0.15) is 42.0 Å². The normalized spacial score (nSPS) is 14.2. The van der Waals surface area contributed by atoms with Crippen molar-refractivity contribution in [3.63, 3.8) is 0 Å². The SMILES string of the molecule is C[C@H](NC(=O)[C@H](Cc1ccc(O)cc1)NC(=O)[C@H](CC(N)=O)NC(=O)[C@@H](N)Cc1cnc[nH]1)C(=O)N[C@@H](CCCN=C(N)N)C(=O)N[C@@H](CC(=O)O)C(=O)N[C@@H](CS)C(=O)O. The predicted octanol–water partition coefficient (Wildman–Crippen LogP) is -5.43. The third-order valence-corrected chi connectivity index (χ3v) is 8.88. The number of aromatic nitrogens is 2. The summed E-state index contributed by atoms with van der Waals surface area (Å²) in [6.07, 6.45) is 0.738. The Kier molecular flexibility index (Phi) is 20.4. The first-order chi connectivity index (χ1) is 28.7. The number of rotatable bonds is 26. The van der Waals surface area contributed by atoms with Crippen LogP contribution in [-0.2, 0) is 56.0 Å². The first kappa shape index (κ1) is 50.2. The number of nitrogens with two attached hydrogens (primary N) is 4. The molecule has 0 aliphatic heterocycles. The molecule has 7 atom stereocenters. The molecular weight excluding hydrogens is 827 g/mol. The van der Waals surface area contributed by atoms with E-state index in [1.54, 1.807) is 0 Å². The highest BCUT2D eigenvalue weighted by molar-refractivity contribution is 7.80. The molecule has 0 aliphatic carbocycles. The van der Waals surface area contributed by atoms with Gasteiger partial charge >= 0.3 is 11.9 Å². The van der Waals surface area contributed by atoms with Crippen LogP contribution in [0.15, 0.2) is 41.8 Å². The Hall–Kier alpha value is -6.96. The zero-order valence-corrected chi connectivity index (χ0v) is 33.7. The van der Waals surface area contributed by atoms with Gasteiger partial charge in [0.2, 0.25) is 41.4 Å². The van der Waals surface area contributed by atoms with Gasteiger partial charge in [-0.25, -0.2) is 9.78 Å². The van der Waals surface area contributed by atoms with Crippen LogP contribution in [0.25, 0.3) is 0 Å². The van der Waals surface area contributed by atoms with Crippen molar-refractivity contribution in [1.82, 2.24) is 41.9 Å². The van der Waals surface area contributed by atoms with E-state index in [-0.39, 0.29) is 49.7 Å². The van der Waals surface area contributed by atoms with Crippen LogP contribution in [0.1, 0.15) is 43.9 Å². The number of imidazole rings is 1. The number of benzene rings is 1. The van der Waals surface area contributed by atoms with E-state index in [4.69, 9.17) is 22.9 Å². The number of hydrogen-bond acceptors (Lipinski definition) is 14. The molecule has 1 aromatic carbocycles. The molecule has 7 amide bonds. The van der Waals surface area contributed by atoms with E-state index in [9.17, 15) is 58.5 Å². The van der Waals surface area contributed by atoms with Crippen molar-refractivity contribution in [1.29, 1.82) is 0 Å². The van der Waals surface area contributed by atoms with Gasteiger partial charge in [0, 0.05) is 37.0 Å². The molecule has 61 heavy (non-hydrogen) atoms. The average molecular weight is 878 g/mol. The van der Waals surface area contributed by atoms with Gasteiger partial charge in [-0.15, -0.1) is 0 Å². The lowest BCUT2D eigenvalue weighted by molar-refractivity contribution is -0.143. The van der Waals surface area contributed by atoms with Gasteiger partial charge in [0.25, 0.3) is 0 Å². The average Bonchev–Trinajstić information content (AvgIpc) is 3.70. The molecule has 1 aromatic heterocycles. The molecule has 0 fully saturated rings. The standard InChI is InChI=1S/C35H51N13O12S/c1-16(28(53)44-21(3-2-8-41-35(38)39)30(55)47-24(12-27(51)52)33(58)48-25(14-61)34(59)60)43-31(56)22(9-17-4-6-19(49)7-5-17)46-32(57)23(11-26(37)50)45-29(54)20(36)10-18-13-40-15-42-18/h4-7,13,15-16,20-25,49,61H,2-3,8-12,14,36H2,1H3,(H2,37,50)(H,40,42)(H,43,56)(H,44,53)(H,45,54)(H,46,57)(H,47,55)(H,48,58)(H,51,52)(H,59,60)(H4,38,39,41)/t16-,20-,21-,22-,23-,24-,25-/m0/s1. The summed E-state index contributed by atoms with van der Waals surface area (Å²) in [5.41, 5.74) is 23.0. The number of hydrogen-bond donors (Lipinski definition) is 15. The van der Waals surface area contributed by atoms with Gasteiger partial charge in [-0.3, -0.25) is 43.3 Å². The van der Waals surface area contributed by atoms with Gasteiger partial charge in [-0.05, 0) is 37.5 Å². The lowest BCUT2D eigenvalue weighted by atomic mass is 10.0. The molecule has 2 rings (SSSR count). The number of H-pyrrole nitrogens is 1. The molecule has 0 bridgehead atoms. The number of carbonyl (C=O) groups is 9. The second-order valence-electron chi connectivity index (χ2n) is 13.5.